The second-order valence-corrected chi connectivity index (χ2v) is 6.76. The zero-order valence-corrected chi connectivity index (χ0v) is 14.7. The van der Waals surface area contributed by atoms with Crippen LogP contribution in [0.3, 0.4) is 0 Å². The molecule has 0 atom stereocenters. The molecule has 0 amide bonds. The van der Waals surface area contributed by atoms with Gasteiger partial charge in [-0.25, -0.2) is 9.48 Å². The number of aromatic nitrogens is 4. The summed E-state index contributed by atoms with van der Waals surface area (Å²) in [5.74, 6) is -0.313. The number of hydrogen-bond donors (Lipinski definition) is 0. The van der Waals surface area contributed by atoms with E-state index in [2.05, 4.69) is 15.3 Å². The molecule has 6 nitrogen and oxygen atoms in total. The molecule has 0 aliphatic rings. The Bertz CT molecular complexity index is 1010. The van der Waals surface area contributed by atoms with Crippen LogP contribution in [-0.4, -0.2) is 32.6 Å². The van der Waals surface area contributed by atoms with E-state index in [-0.39, 0.29) is 5.97 Å². The SMILES string of the molecule is O=C(OCCc1cncs1)c1ccc(Cn2nnc3ccccc32)cc1. The number of carbonyl (C=O) groups is 1. The van der Waals surface area contributed by atoms with Gasteiger partial charge in [0.1, 0.15) is 5.52 Å². The minimum Gasteiger partial charge on any atom is -0.462 e. The van der Waals surface area contributed by atoms with Gasteiger partial charge in [-0.2, -0.15) is 0 Å². The Kier molecular flexibility index (Phi) is 4.70. The Labute approximate surface area is 154 Å². The van der Waals surface area contributed by atoms with Crippen LogP contribution in [0.4, 0.5) is 0 Å². The minimum atomic E-state index is -0.313. The van der Waals surface area contributed by atoms with Crippen LogP contribution in [0.15, 0.2) is 60.2 Å². The summed E-state index contributed by atoms with van der Waals surface area (Å²) in [6, 6.07) is 15.2. The Morgan fingerprint density at radius 1 is 1.12 bits per heavy atom. The van der Waals surface area contributed by atoms with Gasteiger partial charge in [0.15, 0.2) is 0 Å². The molecule has 26 heavy (non-hydrogen) atoms. The number of hydrogen-bond acceptors (Lipinski definition) is 6. The number of esters is 1. The maximum Gasteiger partial charge on any atom is 0.338 e. The molecule has 7 heteroatoms. The standard InChI is InChI=1S/C19H16N4O2S/c24-19(25-10-9-16-11-20-13-26-16)15-7-5-14(6-8-15)12-23-18-4-2-1-3-17(18)21-22-23/h1-8,11,13H,9-10,12H2. The van der Waals surface area contributed by atoms with Crippen LogP contribution in [-0.2, 0) is 17.7 Å². The van der Waals surface area contributed by atoms with Gasteiger partial charge < -0.3 is 4.74 Å². The molecule has 2 aromatic carbocycles. The predicted octanol–water partition coefficient (Wildman–Crippen LogP) is 3.34. The average molecular weight is 364 g/mol. The van der Waals surface area contributed by atoms with Crippen LogP contribution in [0, 0.1) is 0 Å². The van der Waals surface area contributed by atoms with Crippen LogP contribution in [0.25, 0.3) is 11.0 Å². The lowest BCUT2D eigenvalue weighted by atomic mass is 10.1. The van der Waals surface area contributed by atoms with Crippen LogP contribution in [0.2, 0.25) is 0 Å². The number of ether oxygens (including phenoxy) is 1. The van der Waals surface area contributed by atoms with Crippen molar-refractivity contribution in [2.24, 2.45) is 0 Å². The summed E-state index contributed by atoms with van der Waals surface area (Å²) in [4.78, 5) is 17.2. The van der Waals surface area contributed by atoms with E-state index >= 15 is 0 Å². The molecule has 4 rings (SSSR count). The van der Waals surface area contributed by atoms with Gasteiger partial charge >= 0.3 is 5.97 Å². The molecule has 0 fully saturated rings. The molecule has 4 aromatic rings. The molecular weight excluding hydrogens is 348 g/mol. The van der Waals surface area contributed by atoms with E-state index in [4.69, 9.17) is 4.74 Å². The Morgan fingerprint density at radius 3 is 2.77 bits per heavy atom. The first kappa shape index (κ1) is 16.4. The van der Waals surface area contributed by atoms with Crippen molar-refractivity contribution >= 4 is 28.3 Å². The highest BCUT2D eigenvalue weighted by atomic mass is 32.1. The van der Waals surface area contributed by atoms with Crippen LogP contribution < -0.4 is 0 Å². The third-order valence-electron chi connectivity index (χ3n) is 4.01. The number of benzene rings is 2. The van der Waals surface area contributed by atoms with E-state index < -0.39 is 0 Å². The minimum absolute atomic E-state index is 0.313. The van der Waals surface area contributed by atoms with Crippen LogP contribution in [0.1, 0.15) is 20.8 Å². The van der Waals surface area contributed by atoms with E-state index in [1.54, 1.807) is 35.2 Å². The monoisotopic (exact) mass is 364 g/mol. The Balaban J connectivity index is 1.37. The van der Waals surface area contributed by atoms with Gasteiger partial charge in [0.2, 0.25) is 0 Å². The van der Waals surface area contributed by atoms with Crippen molar-refractivity contribution in [3.63, 3.8) is 0 Å². The van der Waals surface area contributed by atoms with E-state index in [0.717, 1.165) is 21.5 Å². The lowest BCUT2D eigenvalue weighted by Crippen LogP contribution is -2.08. The molecule has 0 spiro atoms. The lowest BCUT2D eigenvalue weighted by molar-refractivity contribution is 0.0510. The molecule has 0 aliphatic carbocycles. The maximum atomic E-state index is 12.1. The van der Waals surface area contributed by atoms with Crippen molar-refractivity contribution in [2.45, 2.75) is 13.0 Å². The van der Waals surface area contributed by atoms with Gasteiger partial charge in [0.25, 0.3) is 0 Å². The second kappa shape index (κ2) is 7.45. The highest BCUT2D eigenvalue weighted by Crippen LogP contribution is 2.13. The van der Waals surface area contributed by atoms with Crippen LogP contribution >= 0.6 is 11.3 Å². The summed E-state index contributed by atoms with van der Waals surface area (Å²) >= 11 is 1.56. The summed E-state index contributed by atoms with van der Waals surface area (Å²) in [5, 5.41) is 8.33. The van der Waals surface area contributed by atoms with Gasteiger partial charge in [0.05, 0.1) is 29.7 Å². The van der Waals surface area contributed by atoms with E-state index in [9.17, 15) is 4.79 Å². The van der Waals surface area contributed by atoms with Crippen molar-refractivity contribution < 1.29 is 9.53 Å². The highest BCUT2D eigenvalue weighted by Gasteiger charge is 2.09. The van der Waals surface area contributed by atoms with E-state index in [1.807, 2.05) is 41.1 Å². The predicted molar refractivity (Wildman–Crippen MR) is 99.2 cm³/mol. The second-order valence-electron chi connectivity index (χ2n) is 5.79. The van der Waals surface area contributed by atoms with Crippen LogP contribution in [0.5, 0.6) is 0 Å². The molecule has 0 unspecified atom stereocenters. The third-order valence-corrected chi connectivity index (χ3v) is 4.85. The first-order valence-electron chi connectivity index (χ1n) is 8.21. The largest absolute Gasteiger partial charge is 0.462 e. The average Bonchev–Trinajstić information content (AvgIpc) is 3.33. The smallest absolute Gasteiger partial charge is 0.338 e. The first-order chi connectivity index (χ1) is 12.8. The fourth-order valence-electron chi connectivity index (χ4n) is 2.65. The number of para-hydroxylation sites is 1. The molecule has 0 radical (unpaired) electrons. The zero-order valence-electron chi connectivity index (χ0n) is 13.9. The molecule has 0 saturated heterocycles. The van der Waals surface area contributed by atoms with Crippen molar-refractivity contribution in [1.29, 1.82) is 0 Å². The number of rotatable bonds is 6. The van der Waals surface area contributed by atoms with Gasteiger partial charge in [-0.15, -0.1) is 16.4 Å². The van der Waals surface area contributed by atoms with Crippen molar-refractivity contribution in [3.05, 3.63) is 76.2 Å². The summed E-state index contributed by atoms with van der Waals surface area (Å²) in [5.41, 5.74) is 5.21. The molecule has 0 aliphatic heterocycles. The van der Waals surface area contributed by atoms with E-state index in [0.29, 0.717) is 25.1 Å². The Morgan fingerprint density at radius 2 is 1.96 bits per heavy atom. The van der Waals surface area contributed by atoms with E-state index in [1.165, 1.54) is 0 Å². The fourth-order valence-corrected chi connectivity index (χ4v) is 3.23. The van der Waals surface area contributed by atoms with Gasteiger partial charge in [0, 0.05) is 17.5 Å². The summed E-state index contributed by atoms with van der Waals surface area (Å²) in [6.07, 6.45) is 2.48. The molecule has 0 saturated carbocycles. The topological polar surface area (TPSA) is 69.9 Å². The fraction of sp³-hybridized carbons (Fsp3) is 0.158. The van der Waals surface area contributed by atoms with Gasteiger partial charge in [-0.1, -0.05) is 29.5 Å². The highest BCUT2D eigenvalue weighted by molar-refractivity contribution is 7.09. The molecule has 2 heterocycles. The van der Waals surface area contributed by atoms with Crippen molar-refractivity contribution in [2.75, 3.05) is 6.61 Å². The normalized spacial score (nSPS) is 10.9. The molecule has 2 aromatic heterocycles. The summed E-state index contributed by atoms with van der Waals surface area (Å²) in [7, 11) is 0. The molecular formula is C19H16N4O2S. The number of thiazole rings is 1. The number of nitrogens with zero attached hydrogens (tertiary/aromatic N) is 4. The molecule has 130 valence electrons. The third kappa shape index (κ3) is 3.62. The van der Waals surface area contributed by atoms with Gasteiger partial charge in [-0.05, 0) is 29.8 Å². The maximum absolute atomic E-state index is 12.1. The Hall–Kier alpha value is -3.06. The summed E-state index contributed by atoms with van der Waals surface area (Å²) in [6.45, 7) is 0.953. The first-order valence-corrected chi connectivity index (χ1v) is 9.09. The molecule has 0 bridgehead atoms. The summed E-state index contributed by atoms with van der Waals surface area (Å²) < 4.78 is 7.16. The van der Waals surface area contributed by atoms with Gasteiger partial charge in [-0.3, -0.25) is 4.98 Å². The van der Waals surface area contributed by atoms with Crippen molar-refractivity contribution in [1.82, 2.24) is 20.0 Å². The zero-order chi connectivity index (χ0) is 17.8. The van der Waals surface area contributed by atoms with Crippen molar-refractivity contribution in [3.8, 4) is 0 Å². The lowest BCUT2D eigenvalue weighted by Gasteiger charge is -2.06. The quantitative estimate of drug-likeness (QED) is 0.491. The molecule has 0 N–H and O–H groups in total. The number of fused-ring (bicyclic) bond motifs is 1. The number of carbonyl (C=O) groups excluding carboxylic acids is 1.